The van der Waals surface area contributed by atoms with Crippen LogP contribution < -0.4 is 16.4 Å². The molecule has 2 aromatic carbocycles. The number of nitrogens with two attached hydrogens (primary N) is 1. The van der Waals surface area contributed by atoms with Gasteiger partial charge in [-0.3, -0.25) is 0 Å². The highest BCUT2D eigenvalue weighted by atomic mass is 16.4. The highest BCUT2D eigenvalue weighted by Crippen LogP contribution is 2.12. The predicted molar refractivity (Wildman–Crippen MR) is 82.8 cm³/mol. The molecule has 0 heterocycles. The topological polar surface area (TPSA) is 99.7 Å². The smallest absolute Gasteiger partial charge is 0.323 e. The summed E-state index contributed by atoms with van der Waals surface area (Å²) in [6.07, 6.45) is 0. The highest BCUT2D eigenvalue weighted by molar-refractivity contribution is 6.01. The Morgan fingerprint density at radius 3 is 1.95 bits per heavy atom. The standard InChI is InChI=1S/C15H16N4O2/c1-10-2-6-12(7-3-10)17-15(20)18-13-8-4-11(5-9-13)14(16)19-21/h2-9,21H,1H3,(H2,16,19)(H2,17,18,20). The number of benzene rings is 2. The minimum Gasteiger partial charge on any atom is -0.409 e. The zero-order valence-electron chi connectivity index (χ0n) is 11.5. The fourth-order valence-corrected chi connectivity index (χ4v) is 1.71. The average molecular weight is 284 g/mol. The molecule has 0 aliphatic rings. The van der Waals surface area contributed by atoms with Gasteiger partial charge in [-0.15, -0.1) is 0 Å². The van der Waals surface area contributed by atoms with Crippen molar-refractivity contribution in [3.63, 3.8) is 0 Å². The monoisotopic (exact) mass is 284 g/mol. The van der Waals surface area contributed by atoms with Crippen LogP contribution in [0, 0.1) is 6.92 Å². The number of urea groups is 1. The van der Waals surface area contributed by atoms with Crippen molar-refractivity contribution in [1.29, 1.82) is 0 Å². The van der Waals surface area contributed by atoms with Crippen molar-refractivity contribution in [2.24, 2.45) is 10.9 Å². The number of rotatable bonds is 3. The van der Waals surface area contributed by atoms with Gasteiger partial charge in [0.2, 0.25) is 0 Å². The Morgan fingerprint density at radius 2 is 1.48 bits per heavy atom. The van der Waals surface area contributed by atoms with E-state index in [-0.39, 0.29) is 11.9 Å². The second kappa shape index (κ2) is 6.42. The van der Waals surface area contributed by atoms with Crippen molar-refractivity contribution in [2.45, 2.75) is 6.92 Å². The number of aryl methyl sites for hydroxylation is 1. The van der Waals surface area contributed by atoms with Crippen molar-refractivity contribution in [3.05, 3.63) is 59.7 Å². The summed E-state index contributed by atoms with van der Waals surface area (Å²) in [5, 5.41) is 16.9. The van der Waals surface area contributed by atoms with Crippen LogP contribution in [0.3, 0.4) is 0 Å². The quantitative estimate of drug-likeness (QED) is 0.302. The van der Waals surface area contributed by atoms with Gasteiger partial charge in [0.05, 0.1) is 0 Å². The maximum Gasteiger partial charge on any atom is 0.323 e. The summed E-state index contributed by atoms with van der Waals surface area (Å²) < 4.78 is 0. The van der Waals surface area contributed by atoms with Gasteiger partial charge in [0.1, 0.15) is 0 Å². The van der Waals surface area contributed by atoms with Gasteiger partial charge in [0.25, 0.3) is 0 Å². The van der Waals surface area contributed by atoms with Crippen LogP contribution >= 0.6 is 0 Å². The van der Waals surface area contributed by atoms with Crippen LogP contribution in [0.1, 0.15) is 11.1 Å². The van der Waals surface area contributed by atoms with E-state index in [0.717, 1.165) is 5.56 Å². The number of amides is 2. The average Bonchev–Trinajstić information content (AvgIpc) is 2.49. The molecule has 0 aliphatic carbocycles. The van der Waals surface area contributed by atoms with Gasteiger partial charge in [-0.1, -0.05) is 22.9 Å². The first kappa shape index (κ1) is 14.4. The van der Waals surface area contributed by atoms with Crippen molar-refractivity contribution >= 4 is 23.2 Å². The maximum atomic E-state index is 11.8. The van der Waals surface area contributed by atoms with Crippen LogP contribution in [0.4, 0.5) is 16.2 Å². The van der Waals surface area contributed by atoms with Crippen LogP contribution in [0.5, 0.6) is 0 Å². The molecule has 0 aliphatic heterocycles. The van der Waals surface area contributed by atoms with Gasteiger partial charge >= 0.3 is 6.03 Å². The third-order valence-corrected chi connectivity index (χ3v) is 2.86. The van der Waals surface area contributed by atoms with Gasteiger partial charge in [0, 0.05) is 16.9 Å². The van der Waals surface area contributed by atoms with E-state index in [1.54, 1.807) is 24.3 Å². The predicted octanol–water partition coefficient (Wildman–Crippen LogP) is 2.73. The summed E-state index contributed by atoms with van der Waals surface area (Å²) in [6.45, 7) is 1.98. The Balaban J connectivity index is 1.98. The van der Waals surface area contributed by atoms with Crippen molar-refractivity contribution in [1.82, 2.24) is 0 Å². The van der Waals surface area contributed by atoms with Crippen molar-refractivity contribution in [3.8, 4) is 0 Å². The van der Waals surface area contributed by atoms with E-state index >= 15 is 0 Å². The molecule has 0 aromatic heterocycles. The molecular formula is C15H16N4O2. The minimum absolute atomic E-state index is 0.0191. The van der Waals surface area contributed by atoms with Gasteiger partial charge in [-0.25, -0.2) is 4.79 Å². The number of carbonyl (C=O) groups excluding carboxylic acids is 1. The second-order valence-electron chi connectivity index (χ2n) is 4.51. The third-order valence-electron chi connectivity index (χ3n) is 2.86. The van der Waals surface area contributed by atoms with Gasteiger partial charge < -0.3 is 21.6 Å². The number of oxime groups is 1. The summed E-state index contributed by atoms with van der Waals surface area (Å²) in [6, 6.07) is 13.8. The lowest BCUT2D eigenvalue weighted by Gasteiger charge is -2.08. The van der Waals surface area contributed by atoms with Gasteiger partial charge in [0.15, 0.2) is 5.84 Å². The van der Waals surface area contributed by atoms with Crippen LogP contribution in [-0.4, -0.2) is 17.1 Å². The zero-order chi connectivity index (χ0) is 15.2. The number of hydrogen-bond acceptors (Lipinski definition) is 3. The molecule has 0 fully saturated rings. The second-order valence-corrected chi connectivity index (χ2v) is 4.51. The number of amidine groups is 1. The number of anilines is 2. The van der Waals surface area contributed by atoms with Crippen LogP contribution in [-0.2, 0) is 0 Å². The molecule has 21 heavy (non-hydrogen) atoms. The molecule has 2 rings (SSSR count). The Kier molecular flexibility index (Phi) is 4.40. The fraction of sp³-hybridized carbons (Fsp3) is 0.0667. The van der Waals surface area contributed by atoms with E-state index in [0.29, 0.717) is 16.9 Å². The third kappa shape index (κ3) is 3.97. The molecule has 0 spiro atoms. The summed E-state index contributed by atoms with van der Waals surface area (Å²) in [5.74, 6) is 0.0191. The van der Waals surface area contributed by atoms with Gasteiger partial charge in [-0.05, 0) is 43.3 Å². The highest BCUT2D eigenvalue weighted by Gasteiger charge is 2.04. The first-order valence-corrected chi connectivity index (χ1v) is 6.31. The molecule has 2 aromatic rings. The van der Waals surface area contributed by atoms with Crippen molar-refractivity contribution < 1.29 is 10.0 Å². The molecule has 108 valence electrons. The summed E-state index contributed by atoms with van der Waals surface area (Å²) in [4.78, 5) is 11.8. The van der Waals surface area contributed by atoms with E-state index < -0.39 is 0 Å². The van der Waals surface area contributed by atoms with E-state index in [1.807, 2.05) is 31.2 Å². The molecule has 6 heteroatoms. The zero-order valence-corrected chi connectivity index (χ0v) is 11.5. The normalized spacial score (nSPS) is 11.0. The SMILES string of the molecule is Cc1ccc(NC(=O)Nc2ccc(/C(N)=N/O)cc2)cc1. The number of hydrogen-bond donors (Lipinski definition) is 4. The molecule has 5 N–H and O–H groups in total. The number of carbonyl (C=O) groups is 1. The molecule has 6 nitrogen and oxygen atoms in total. The molecule has 0 unspecified atom stereocenters. The van der Waals surface area contributed by atoms with E-state index in [2.05, 4.69) is 15.8 Å². The first-order chi connectivity index (χ1) is 10.1. The summed E-state index contributed by atoms with van der Waals surface area (Å²) in [5.41, 5.74) is 8.48. The molecule has 0 bridgehead atoms. The summed E-state index contributed by atoms with van der Waals surface area (Å²) in [7, 11) is 0. The molecule has 0 saturated heterocycles. The lowest BCUT2D eigenvalue weighted by Crippen LogP contribution is -2.19. The fourth-order valence-electron chi connectivity index (χ4n) is 1.71. The molecule has 0 saturated carbocycles. The van der Waals surface area contributed by atoms with Crippen LogP contribution in [0.25, 0.3) is 0 Å². The van der Waals surface area contributed by atoms with Crippen LogP contribution in [0.2, 0.25) is 0 Å². The summed E-state index contributed by atoms with van der Waals surface area (Å²) >= 11 is 0. The lowest BCUT2D eigenvalue weighted by atomic mass is 10.2. The largest absolute Gasteiger partial charge is 0.409 e. The molecule has 2 amide bonds. The van der Waals surface area contributed by atoms with E-state index in [9.17, 15) is 4.79 Å². The Hall–Kier alpha value is -3.02. The number of nitrogens with zero attached hydrogens (tertiary/aromatic N) is 1. The maximum absolute atomic E-state index is 11.8. The lowest BCUT2D eigenvalue weighted by molar-refractivity contribution is 0.262. The Bertz CT molecular complexity index is 648. The molecular weight excluding hydrogens is 268 g/mol. The Morgan fingerprint density at radius 1 is 1.00 bits per heavy atom. The van der Waals surface area contributed by atoms with Gasteiger partial charge in [-0.2, -0.15) is 0 Å². The van der Waals surface area contributed by atoms with E-state index in [4.69, 9.17) is 10.9 Å². The van der Waals surface area contributed by atoms with Crippen molar-refractivity contribution in [2.75, 3.05) is 10.6 Å². The van der Waals surface area contributed by atoms with E-state index in [1.165, 1.54) is 0 Å². The first-order valence-electron chi connectivity index (χ1n) is 6.31. The Labute approximate surface area is 122 Å². The molecule has 0 radical (unpaired) electrons. The number of nitrogens with one attached hydrogen (secondary N) is 2. The minimum atomic E-state index is -0.338. The molecule has 0 atom stereocenters. The van der Waals surface area contributed by atoms with Crippen LogP contribution in [0.15, 0.2) is 53.7 Å².